The molecule has 0 fully saturated rings. The van der Waals surface area contributed by atoms with Crippen LogP contribution in [-0.2, 0) is 14.3 Å². The summed E-state index contributed by atoms with van der Waals surface area (Å²) in [6.45, 7) is 0. The van der Waals surface area contributed by atoms with Crippen LogP contribution in [0.2, 0.25) is 0 Å². The van der Waals surface area contributed by atoms with Gasteiger partial charge in [0.25, 0.3) is 0 Å². The summed E-state index contributed by atoms with van der Waals surface area (Å²) in [4.78, 5) is 24.1. The van der Waals surface area contributed by atoms with Gasteiger partial charge in [0.15, 0.2) is 0 Å². The maximum atomic E-state index is 12.4. The topological polar surface area (TPSA) is 73.9 Å². The van der Waals surface area contributed by atoms with Crippen molar-refractivity contribution in [1.82, 2.24) is 5.32 Å². The van der Waals surface area contributed by atoms with Crippen molar-refractivity contribution >= 4 is 18.0 Å². The Morgan fingerprint density at radius 3 is 2.41 bits per heavy atom. The van der Waals surface area contributed by atoms with Crippen LogP contribution in [0.4, 0.5) is 0 Å². The van der Waals surface area contributed by atoms with Gasteiger partial charge in [-0.05, 0) is 29.8 Å². The number of esters is 1. The van der Waals surface area contributed by atoms with Crippen molar-refractivity contribution < 1.29 is 23.8 Å². The van der Waals surface area contributed by atoms with Gasteiger partial charge in [-0.2, -0.15) is 0 Å². The number of carbonyl (C=O) groups is 2. The number of rotatable bonds is 8. The first-order valence-electron chi connectivity index (χ1n) is 8.39. The predicted molar refractivity (Wildman–Crippen MR) is 103 cm³/mol. The van der Waals surface area contributed by atoms with E-state index in [1.807, 2.05) is 30.3 Å². The van der Waals surface area contributed by atoms with Crippen molar-refractivity contribution in [2.45, 2.75) is 12.5 Å². The molecule has 0 saturated carbocycles. The first kappa shape index (κ1) is 20.0. The minimum atomic E-state index is -0.483. The van der Waals surface area contributed by atoms with Crippen molar-refractivity contribution in [3.63, 3.8) is 0 Å². The molecule has 2 rings (SSSR count). The summed E-state index contributed by atoms with van der Waals surface area (Å²) in [5.74, 6) is 0.540. The van der Waals surface area contributed by atoms with Gasteiger partial charge < -0.3 is 19.5 Å². The summed E-state index contributed by atoms with van der Waals surface area (Å²) in [6.07, 6.45) is 3.07. The zero-order valence-corrected chi connectivity index (χ0v) is 15.6. The molecule has 6 nitrogen and oxygen atoms in total. The standard InChI is InChI=1S/C21H23NO5/c1-25-17-10-11-19(26-2)16(13-17)9-12-20(23)22-18(14-21(24)27-3)15-7-5-4-6-8-15/h4-13,18H,14H2,1-3H3,(H,22,23)/b12-9+. The van der Waals surface area contributed by atoms with E-state index in [2.05, 4.69) is 5.32 Å². The normalized spacial score (nSPS) is 11.7. The number of nitrogens with one attached hydrogen (secondary N) is 1. The number of amides is 1. The number of ether oxygens (including phenoxy) is 3. The van der Waals surface area contributed by atoms with Gasteiger partial charge in [-0.15, -0.1) is 0 Å². The third kappa shape index (κ3) is 5.88. The molecule has 0 spiro atoms. The number of benzene rings is 2. The van der Waals surface area contributed by atoms with Gasteiger partial charge in [0.2, 0.25) is 5.91 Å². The average molecular weight is 369 g/mol. The van der Waals surface area contributed by atoms with Crippen molar-refractivity contribution in [1.29, 1.82) is 0 Å². The highest BCUT2D eigenvalue weighted by Gasteiger charge is 2.17. The molecule has 1 atom stereocenters. The Labute approximate surface area is 158 Å². The maximum absolute atomic E-state index is 12.4. The Kier molecular flexibility index (Phi) is 7.43. The van der Waals surface area contributed by atoms with Crippen molar-refractivity contribution in [2.75, 3.05) is 21.3 Å². The van der Waals surface area contributed by atoms with E-state index in [0.29, 0.717) is 17.1 Å². The molecular weight excluding hydrogens is 346 g/mol. The number of carbonyl (C=O) groups excluding carboxylic acids is 2. The average Bonchev–Trinajstić information content (AvgIpc) is 2.71. The molecule has 142 valence electrons. The van der Waals surface area contributed by atoms with Crippen LogP contribution in [0.5, 0.6) is 11.5 Å². The summed E-state index contributed by atoms with van der Waals surface area (Å²) in [7, 11) is 4.45. The largest absolute Gasteiger partial charge is 0.497 e. The highest BCUT2D eigenvalue weighted by molar-refractivity contribution is 5.92. The lowest BCUT2D eigenvalue weighted by atomic mass is 10.0. The third-order valence-corrected chi connectivity index (χ3v) is 3.97. The molecule has 1 N–H and O–H groups in total. The lowest BCUT2D eigenvalue weighted by Crippen LogP contribution is -2.29. The van der Waals surface area contributed by atoms with Gasteiger partial charge in [-0.1, -0.05) is 30.3 Å². The molecule has 1 unspecified atom stereocenters. The molecule has 2 aromatic rings. The van der Waals surface area contributed by atoms with Gasteiger partial charge in [-0.3, -0.25) is 9.59 Å². The molecule has 0 saturated heterocycles. The van der Waals surface area contributed by atoms with Gasteiger partial charge in [0.1, 0.15) is 11.5 Å². The third-order valence-electron chi connectivity index (χ3n) is 3.97. The van der Waals surface area contributed by atoms with E-state index >= 15 is 0 Å². The second-order valence-corrected chi connectivity index (χ2v) is 5.69. The number of hydrogen-bond donors (Lipinski definition) is 1. The van der Waals surface area contributed by atoms with Gasteiger partial charge >= 0.3 is 5.97 Å². The van der Waals surface area contributed by atoms with E-state index in [4.69, 9.17) is 14.2 Å². The van der Waals surface area contributed by atoms with Crippen LogP contribution < -0.4 is 14.8 Å². The number of methoxy groups -OCH3 is 3. The Morgan fingerprint density at radius 2 is 1.78 bits per heavy atom. The van der Waals surface area contributed by atoms with Crippen LogP contribution in [0.25, 0.3) is 6.08 Å². The minimum absolute atomic E-state index is 0.0442. The fraction of sp³-hybridized carbons (Fsp3) is 0.238. The SMILES string of the molecule is COC(=O)CC(NC(=O)/C=C/c1cc(OC)ccc1OC)c1ccccc1. The molecule has 0 bridgehead atoms. The molecule has 0 radical (unpaired) electrons. The molecule has 0 heterocycles. The van der Waals surface area contributed by atoms with E-state index < -0.39 is 12.0 Å². The Bertz CT molecular complexity index is 801. The van der Waals surface area contributed by atoms with Crippen molar-refractivity contribution in [3.05, 3.63) is 65.7 Å². The molecule has 0 aliphatic heterocycles. The Balaban J connectivity index is 2.15. The molecule has 27 heavy (non-hydrogen) atoms. The number of hydrogen-bond acceptors (Lipinski definition) is 5. The monoisotopic (exact) mass is 369 g/mol. The molecule has 0 aliphatic carbocycles. The van der Waals surface area contributed by atoms with Crippen LogP contribution >= 0.6 is 0 Å². The van der Waals surface area contributed by atoms with E-state index in [1.165, 1.54) is 13.2 Å². The maximum Gasteiger partial charge on any atom is 0.307 e. The van der Waals surface area contributed by atoms with E-state index in [0.717, 1.165) is 5.56 Å². The van der Waals surface area contributed by atoms with E-state index in [-0.39, 0.29) is 12.3 Å². The first-order chi connectivity index (χ1) is 13.1. The van der Waals surface area contributed by atoms with Gasteiger partial charge in [0.05, 0.1) is 33.8 Å². The molecule has 0 aromatic heterocycles. The molecule has 0 aliphatic rings. The zero-order valence-electron chi connectivity index (χ0n) is 15.6. The molecule has 1 amide bonds. The van der Waals surface area contributed by atoms with Crippen LogP contribution in [0.1, 0.15) is 23.6 Å². The minimum Gasteiger partial charge on any atom is -0.497 e. The second-order valence-electron chi connectivity index (χ2n) is 5.69. The lowest BCUT2D eigenvalue weighted by Gasteiger charge is -2.17. The smallest absolute Gasteiger partial charge is 0.307 e. The predicted octanol–water partition coefficient (Wildman–Crippen LogP) is 3.14. The van der Waals surface area contributed by atoms with E-state index in [1.54, 1.807) is 38.5 Å². The first-order valence-corrected chi connectivity index (χ1v) is 8.39. The van der Waals surface area contributed by atoms with Crippen LogP contribution in [0.15, 0.2) is 54.6 Å². The van der Waals surface area contributed by atoms with Crippen LogP contribution in [0, 0.1) is 0 Å². The van der Waals surface area contributed by atoms with E-state index in [9.17, 15) is 9.59 Å². The summed E-state index contributed by atoms with van der Waals surface area (Å²) >= 11 is 0. The summed E-state index contributed by atoms with van der Waals surface area (Å²) in [5.41, 5.74) is 1.53. The summed E-state index contributed by atoms with van der Waals surface area (Å²) in [5, 5.41) is 2.84. The summed E-state index contributed by atoms with van der Waals surface area (Å²) < 4.78 is 15.2. The quantitative estimate of drug-likeness (QED) is 0.572. The molecule has 6 heteroatoms. The second kappa shape index (κ2) is 10.0. The lowest BCUT2D eigenvalue weighted by molar-refractivity contribution is -0.141. The fourth-order valence-corrected chi connectivity index (χ4v) is 2.54. The van der Waals surface area contributed by atoms with Crippen molar-refractivity contribution in [2.24, 2.45) is 0 Å². The van der Waals surface area contributed by atoms with Gasteiger partial charge in [-0.25, -0.2) is 0 Å². The van der Waals surface area contributed by atoms with Crippen LogP contribution in [0.3, 0.4) is 0 Å². The molecular formula is C21H23NO5. The van der Waals surface area contributed by atoms with Crippen molar-refractivity contribution in [3.8, 4) is 11.5 Å². The van der Waals surface area contributed by atoms with Crippen LogP contribution in [-0.4, -0.2) is 33.2 Å². The fourth-order valence-electron chi connectivity index (χ4n) is 2.54. The summed E-state index contributed by atoms with van der Waals surface area (Å²) in [6, 6.07) is 14.1. The Hall–Kier alpha value is -3.28. The highest BCUT2D eigenvalue weighted by atomic mass is 16.5. The Morgan fingerprint density at radius 1 is 1.04 bits per heavy atom. The zero-order chi connectivity index (χ0) is 19.6. The van der Waals surface area contributed by atoms with Gasteiger partial charge in [0, 0.05) is 11.6 Å². The molecule has 2 aromatic carbocycles. The highest BCUT2D eigenvalue weighted by Crippen LogP contribution is 2.25.